The Labute approximate surface area is 133 Å². The van der Waals surface area contributed by atoms with Gasteiger partial charge in [0.25, 0.3) is 0 Å². The fourth-order valence-electron chi connectivity index (χ4n) is 1.66. The van der Waals surface area contributed by atoms with Crippen LogP contribution in [0, 0.1) is 0 Å². The molecule has 8 heteroatoms. The van der Waals surface area contributed by atoms with Gasteiger partial charge in [-0.05, 0) is 25.1 Å². The number of amides is 1. The SMILES string of the molecule is COCC(C)NC(=O)CCNS(=O)(=O)c1cccc(Br)c1. The van der Waals surface area contributed by atoms with Crippen molar-refractivity contribution in [2.75, 3.05) is 20.3 Å². The second-order valence-electron chi connectivity index (χ2n) is 4.53. The summed E-state index contributed by atoms with van der Waals surface area (Å²) in [4.78, 5) is 11.8. The molecule has 1 amide bonds. The van der Waals surface area contributed by atoms with Crippen LogP contribution >= 0.6 is 15.9 Å². The number of sulfonamides is 1. The lowest BCUT2D eigenvalue weighted by molar-refractivity contribution is -0.121. The molecule has 21 heavy (non-hydrogen) atoms. The topological polar surface area (TPSA) is 84.5 Å². The Morgan fingerprint density at radius 2 is 2.14 bits per heavy atom. The van der Waals surface area contributed by atoms with Crippen LogP contribution in [0.2, 0.25) is 0 Å². The zero-order valence-electron chi connectivity index (χ0n) is 11.9. The highest BCUT2D eigenvalue weighted by Crippen LogP contribution is 2.15. The maximum absolute atomic E-state index is 12.0. The summed E-state index contributed by atoms with van der Waals surface area (Å²) >= 11 is 3.22. The molecule has 1 aromatic rings. The van der Waals surface area contributed by atoms with Gasteiger partial charge in [-0.2, -0.15) is 0 Å². The Balaban J connectivity index is 2.46. The van der Waals surface area contributed by atoms with Crippen LogP contribution in [0.4, 0.5) is 0 Å². The van der Waals surface area contributed by atoms with Crippen LogP contribution in [0.3, 0.4) is 0 Å². The summed E-state index contributed by atoms with van der Waals surface area (Å²) in [6, 6.07) is 6.27. The monoisotopic (exact) mass is 378 g/mol. The summed E-state index contributed by atoms with van der Waals surface area (Å²) in [5.74, 6) is -0.225. The number of hydrogen-bond donors (Lipinski definition) is 2. The average molecular weight is 379 g/mol. The largest absolute Gasteiger partial charge is 0.383 e. The number of nitrogens with one attached hydrogen (secondary N) is 2. The van der Waals surface area contributed by atoms with Gasteiger partial charge < -0.3 is 10.1 Å². The third-order valence-electron chi connectivity index (χ3n) is 2.57. The third kappa shape index (κ3) is 6.56. The van der Waals surface area contributed by atoms with Gasteiger partial charge in [-0.3, -0.25) is 4.79 Å². The van der Waals surface area contributed by atoms with Gasteiger partial charge in [-0.15, -0.1) is 0 Å². The normalized spacial score (nSPS) is 12.9. The summed E-state index contributed by atoms with van der Waals surface area (Å²) in [6.07, 6.45) is 0.0707. The standard InChI is InChI=1S/C13H19BrN2O4S/c1-10(9-20-2)16-13(17)6-7-15-21(18,19)12-5-3-4-11(14)8-12/h3-5,8,10,15H,6-7,9H2,1-2H3,(H,16,17). The van der Waals surface area contributed by atoms with E-state index in [4.69, 9.17) is 4.74 Å². The number of ether oxygens (including phenoxy) is 1. The van der Waals surface area contributed by atoms with Crippen molar-refractivity contribution >= 4 is 31.9 Å². The fraction of sp³-hybridized carbons (Fsp3) is 0.462. The van der Waals surface area contributed by atoms with Gasteiger partial charge >= 0.3 is 0 Å². The maximum Gasteiger partial charge on any atom is 0.240 e. The van der Waals surface area contributed by atoms with E-state index in [2.05, 4.69) is 26.0 Å². The number of carbonyl (C=O) groups is 1. The summed E-state index contributed by atoms with van der Waals surface area (Å²) in [7, 11) is -2.05. The molecular formula is C13H19BrN2O4S. The highest BCUT2D eigenvalue weighted by atomic mass is 79.9. The van der Waals surface area contributed by atoms with Crippen LogP contribution in [0.1, 0.15) is 13.3 Å². The Bertz CT molecular complexity index is 577. The van der Waals surface area contributed by atoms with Gasteiger partial charge in [0.1, 0.15) is 0 Å². The van der Waals surface area contributed by atoms with E-state index in [1.54, 1.807) is 19.2 Å². The lowest BCUT2D eigenvalue weighted by Gasteiger charge is -2.13. The van der Waals surface area contributed by atoms with Crippen molar-refractivity contribution in [3.05, 3.63) is 28.7 Å². The second kappa shape index (κ2) is 8.47. The Hall–Kier alpha value is -0.960. The Kier molecular flexibility index (Phi) is 7.30. The predicted molar refractivity (Wildman–Crippen MR) is 83.4 cm³/mol. The minimum absolute atomic E-state index is 0.0420. The smallest absolute Gasteiger partial charge is 0.240 e. The van der Waals surface area contributed by atoms with Crippen molar-refractivity contribution in [2.45, 2.75) is 24.3 Å². The van der Waals surface area contributed by atoms with E-state index in [0.29, 0.717) is 11.1 Å². The first-order valence-electron chi connectivity index (χ1n) is 6.38. The molecule has 1 atom stereocenters. The summed E-state index contributed by atoms with van der Waals surface area (Å²) < 4.78 is 32.0. The quantitative estimate of drug-likeness (QED) is 0.713. The number of benzene rings is 1. The third-order valence-corrected chi connectivity index (χ3v) is 4.53. The van der Waals surface area contributed by atoms with E-state index in [1.807, 2.05) is 6.92 Å². The first kappa shape index (κ1) is 18.1. The molecule has 1 aromatic carbocycles. The number of methoxy groups -OCH3 is 1. The average Bonchev–Trinajstić information content (AvgIpc) is 2.38. The van der Waals surface area contributed by atoms with Crippen LogP contribution in [-0.4, -0.2) is 40.6 Å². The molecule has 1 rings (SSSR count). The van der Waals surface area contributed by atoms with Gasteiger partial charge in [-0.25, -0.2) is 13.1 Å². The van der Waals surface area contributed by atoms with Crippen LogP contribution in [-0.2, 0) is 19.6 Å². The lowest BCUT2D eigenvalue weighted by Crippen LogP contribution is -2.37. The highest BCUT2D eigenvalue weighted by Gasteiger charge is 2.14. The lowest BCUT2D eigenvalue weighted by atomic mass is 10.3. The second-order valence-corrected chi connectivity index (χ2v) is 7.21. The van der Waals surface area contributed by atoms with Crippen molar-refractivity contribution in [1.29, 1.82) is 0 Å². The van der Waals surface area contributed by atoms with E-state index in [-0.39, 0.29) is 29.8 Å². The molecule has 0 spiro atoms. The van der Waals surface area contributed by atoms with Crippen molar-refractivity contribution in [3.8, 4) is 0 Å². The van der Waals surface area contributed by atoms with E-state index in [0.717, 1.165) is 0 Å². The molecule has 0 aliphatic rings. The molecule has 1 unspecified atom stereocenters. The van der Waals surface area contributed by atoms with Gasteiger partial charge in [0, 0.05) is 30.6 Å². The van der Waals surface area contributed by atoms with Crippen molar-refractivity contribution < 1.29 is 17.9 Å². The van der Waals surface area contributed by atoms with Gasteiger partial charge in [0.15, 0.2) is 0 Å². The number of carbonyl (C=O) groups excluding carboxylic acids is 1. The summed E-state index contributed by atoms with van der Waals surface area (Å²) in [5.41, 5.74) is 0. The van der Waals surface area contributed by atoms with Gasteiger partial charge in [0.05, 0.1) is 11.5 Å². The summed E-state index contributed by atoms with van der Waals surface area (Å²) in [5, 5.41) is 2.71. The Morgan fingerprint density at radius 1 is 1.43 bits per heavy atom. The zero-order valence-corrected chi connectivity index (χ0v) is 14.3. The molecule has 0 heterocycles. The first-order valence-corrected chi connectivity index (χ1v) is 8.66. The number of hydrogen-bond acceptors (Lipinski definition) is 4. The molecular weight excluding hydrogens is 360 g/mol. The predicted octanol–water partition coefficient (Wildman–Crippen LogP) is 1.27. The Morgan fingerprint density at radius 3 is 2.76 bits per heavy atom. The molecule has 0 aliphatic heterocycles. The minimum atomic E-state index is -3.60. The molecule has 0 aromatic heterocycles. The zero-order chi connectivity index (χ0) is 15.9. The molecule has 6 nitrogen and oxygen atoms in total. The van der Waals surface area contributed by atoms with E-state index in [9.17, 15) is 13.2 Å². The van der Waals surface area contributed by atoms with Crippen LogP contribution in [0.15, 0.2) is 33.6 Å². The minimum Gasteiger partial charge on any atom is -0.383 e. The van der Waals surface area contributed by atoms with Gasteiger partial charge in [-0.1, -0.05) is 22.0 Å². The molecule has 0 radical (unpaired) electrons. The maximum atomic E-state index is 12.0. The molecule has 0 bridgehead atoms. The number of rotatable bonds is 8. The van der Waals surface area contributed by atoms with Crippen LogP contribution < -0.4 is 10.0 Å². The molecule has 118 valence electrons. The summed E-state index contributed by atoms with van der Waals surface area (Å²) in [6.45, 7) is 2.27. The van der Waals surface area contributed by atoms with E-state index in [1.165, 1.54) is 12.1 Å². The first-order chi connectivity index (χ1) is 9.85. The number of halogens is 1. The van der Waals surface area contributed by atoms with Crippen LogP contribution in [0.25, 0.3) is 0 Å². The fourth-order valence-corrected chi connectivity index (χ4v) is 3.28. The molecule has 2 N–H and O–H groups in total. The molecule has 0 fully saturated rings. The van der Waals surface area contributed by atoms with Crippen molar-refractivity contribution in [3.63, 3.8) is 0 Å². The molecule has 0 saturated heterocycles. The van der Waals surface area contributed by atoms with Crippen molar-refractivity contribution in [1.82, 2.24) is 10.0 Å². The van der Waals surface area contributed by atoms with Gasteiger partial charge in [0.2, 0.25) is 15.9 Å². The molecule has 0 saturated carbocycles. The molecule has 0 aliphatic carbocycles. The van der Waals surface area contributed by atoms with Crippen molar-refractivity contribution in [2.24, 2.45) is 0 Å². The van der Waals surface area contributed by atoms with Crippen LogP contribution in [0.5, 0.6) is 0 Å². The highest BCUT2D eigenvalue weighted by molar-refractivity contribution is 9.10. The van der Waals surface area contributed by atoms with E-state index < -0.39 is 10.0 Å². The van der Waals surface area contributed by atoms with E-state index >= 15 is 0 Å².